The molecule has 0 aliphatic rings. The Morgan fingerprint density at radius 2 is 1.75 bits per heavy atom. The average molecular weight is 452 g/mol. The van der Waals surface area contributed by atoms with Gasteiger partial charge in [-0.05, 0) is 59.3 Å². The molecule has 0 aromatic heterocycles. The van der Waals surface area contributed by atoms with E-state index in [0.717, 1.165) is 11.4 Å². The molecule has 28 heavy (non-hydrogen) atoms. The van der Waals surface area contributed by atoms with Crippen LogP contribution in [0.25, 0.3) is 0 Å². The van der Waals surface area contributed by atoms with Crippen molar-refractivity contribution in [3.05, 3.63) is 46.4 Å². The van der Waals surface area contributed by atoms with Crippen LogP contribution in [0.4, 0.5) is 5.69 Å². The van der Waals surface area contributed by atoms with Crippen molar-refractivity contribution in [3.8, 4) is 17.2 Å². The maximum Gasteiger partial charge on any atom is 0.269 e. The third-order valence-electron chi connectivity index (χ3n) is 3.64. The zero-order valence-electron chi connectivity index (χ0n) is 15.8. The van der Waals surface area contributed by atoms with Crippen molar-refractivity contribution in [2.24, 2.45) is 0 Å². The molecule has 0 heterocycles. The molecule has 0 spiro atoms. The molecular formula is C19H22BrN3O5. The Bertz CT molecular complexity index is 827. The average Bonchev–Trinajstić information content (AvgIpc) is 2.72. The van der Waals surface area contributed by atoms with Crippen LogP contribution in [0.1, 0.15) is 17.3 Å². The fourth-order valence-corrected chi connectivity index (χ4v) is 2.83. The summed E-state index contributed by atoms with van der Waals surface area (Å²) in [7, 11) is 3.07. The van der Waals surface area contributed by atoms with Crippen LogP contribution in [-0.4, -0.2) is 39.2 Å². The molecule has 2 rings (SSSR count). The first kappa shape index (κ1) is 21.4. The summed E-state index contributed by atoms with van der Waals surface area (Å²) < 4.78 is 16.4. The second-order valence-electron chi connectivity index (χ2n) is 5.51. The zero-order valence-corrected chi connectivity index (χ0v) is 17.4. The number of carbonyl (C=O) groups is 2. The van der Waals surface area contributed by atoms with Gasteiger partial charge in [-0.1, -0.05) is 0 Å². The minimum atomic E-state index is -0.486. The zero-order chi connectivity index (χ0) is 20.5. The molecular weight excluding hydrogens is 430 g/mol. The summed E-state index contributed by atoms with van der Waals surface area (Å²) >= 11 is 3.36. The normalized spacial score (nSPS) is 10.0. The summed E-state index contributed by atoms with van der Waals surface area (Å²) in [6.07, 6.45) is 0. The van der Waals surface area contributed by atoms with Crippen molar-refractivity contribution in [2.75, 3.05) is 32.7 Å². The number of benzene rings is 2. The quantitative estimate of drug-likeness (QED) is 0.533. The van der Waals surface area contributed by atoms with Gasteiger partial charge in [-0.25, -0.2) is 0 Å². The number of halogens is 1. The molecule has 2 aromatic carbocycles. The molecule has 0 aliphatic carbocycles. The first-order chi connectivity index (χ1) is 13.5. The third-order valence-corrected chi connectivity index (χ3v) is 4.23. The van der Waals surface area contributed by atoms with Gasteiger partial charge in [0.1, 0.15) is 5.75 Å². The molecule has 0 radical (unpaired) electrons. The van der Waals surface area contributed by atoms with Gasteiger partial charge in [0, 0.05) is 11.3 Å². The van der Waals surface area contributed by atoms with Crippen molar-refractivity contribution in [1.82, 2.24) is 10.9 Å². The highest BCUT2D eigenvalue weighted by Crippen LogP contribution is 2.36. The van der Waals surface area contributed by atoms with Gasteiger partial charge in [0.15, 0.2) is 11.5 Å². The maximum atomic E-state index is 12.3. The van der Waals surface area contributed by atoms with Crippen LogP contribution in [0.5, 0.6) is 17.2 Å². The topological polar surface area (TPSA) is 97.9 Å². The van der Waals surface area contributed by atoms with E-state index >= 15 is 0 Å². The molecule has 0 bridgehead atoms. The molecule has 0 atom stereocenters. The fraction of sp³-hybridized carbons (Fsp3) is 0.263. The first-order valence-corrected chi connectivity index (χ1v) is 9.25. The lowest BCUT2D eigenvalue weighted by molar-refractivity contribution is -0.120. The van der Waals surface area contributed by atoms with Crippen LogP contribution in [0, 0.1) is 0 Å². The van der Waals surface area contributed by atoms with Gasteiger partial charge < -0.3 is 19.5 Å². The number of carbonyl (C=O) groups excluding carboxylic acids is 2. The van der Waals surface area contributed by atoms with E-state index in [2.05, 4.69) is 32.1 Å². The Labute approximate surface area is 171 Å². The van der Waals surface area contributed by atoms with Crippen molar-refractivity contribution >= 4 is 33.4 Å². The Balaban J connectivity index is 1.90. The van der Waals surface area contributed by atoms with E-state index in [1.54, 1.807) is 37.4 Å². The number of anilines is 1. The summed E-state index contributed by atoms with van der Waals surface area (Å²) in [6, 6.07) is 10.2. The Hall–Kier alpha value is -2.94. The van der Waals surface area contributed by atoms with Crippen molar-refractivity contribution in [2.45, 2.75) is 6.92 Å². The second-order valence-corrected chi connectivity index (χ2v) is 6.36. The van der Waals surface area contributed by atoms with Crippen LogP contribution in [-0.2, 0) is 4.79 Å². The van der Waals surface area contributed by atoms with Gasteiger partial charge in [0.2, 0.25) is 0 Å². The molecule has 2 aromatic rings. The van der Waals surface area contributed by atoms with Gasteiger partial charge in [-0.2, -0.15) is 0 Å². The summed E-state index contributed by atoms with van der Waals surface area (Å²) in [5.74, 6) is 0.753. The third kappa shape index (κ3) is 5.78. The molecule has 9 heteroatoms. The van der Waals surface area contributed by atoms with E-state index in [0.29, 0.717) is 28.1 Å². The number of hydrogen-bond donors (Lipinski definition) is 3. The van der Waals surface area contributed by atoms with Crippen molar-refractivity contribution in [3.63, 3.8) is 0 Å². The van der Waals surface area contributed by atoms with Crippen LogP contribution in [0.15, 0.2) is 40.9 Å². The minimum Gasteiger partial charge on any atom is -0.497 e. The van der Waals surface area contributed by atoms with E-state index in [-0.39, 0.29) is 6.54 Å². The van der Waals surface area contributed by atoms with Gasteiger partial charge in [0.05, 0.1) is 31.8 Å². The lowest BCUT2D eigenvalue weighted by Crippen LogP contribution is -2.44. The van der Waals surface area contributed by atoms with Crippen molar-refractivity contribution in [1.29, 1.82) is 0 Å². The van der Waals surface area contributed by atoms with Crippen LogP contribution < -0.4 is 30.4 Å². The molecule has 8 nitrogen and oxygen atoms in total. The van der Waals surface area contributed by atoms with E-state index < -0.39 is 11.8 Å². The largest absolute Gasteiger partial charge is 0.497 e. The number of methoxy groups -OCH3 is 2. The number of hydrazine groups is 1. The van der Waals surface area contributed by atoms with Gasteiger partial charge in [-0.15, -0.1) is 0 Å². The van der Waals surface area contributed by atoms with Crippen molar-refractivity contribution < 1.29 is 23.8 Å². The Kier molecular flexibility index (Phi) is 7.94. The van der Waals surface area contributed by atoms with Gasteiger partial charge in [-0.3, -0.25) is 20.4 Å². The van der Waals surface area contributed by atoms with E-state index in [1.807, 2.05) is 6.92 Å². The molecule has 3 N–H and O–H groups in total. The monoisotopic (exact) mass is 451 g/mol. The highest BCUT2D eigenvalue weighted by Gasteiger charge is 2.16. The highest BCUT2D eigenvalue weighted by atomic mass is 79.9. The molecule has 2 amide bonds. The second kappa shape index (κ2) is 10.4. The van der Waals surface area contributed by atoms with E-state index in [4.69, 9.17) is 14.2 Å². The molecule has 150 valence electrons. The standard InChI is InChI=1S/C19H22BrN3O5/c1-4-28-18-15(20)9-12(10-16(18)27-3)19(25)23-22-17(24)11-21-13-5-7-14(26-2)8-6-13/h5-10,21H,4,11H2,1-3H3,(H,22,24)(H,23,25). The summed E-state index contributed by atoms with van der Waals surface area (Å²) in [5, 5.41) is 2.95. The number of hydrogen-bond acceptors (Lipinski definition) is 6. The summed E-state index contributed by atoms with van der Waals surface area (Å²) in [5.41, 5.74) is 5.78. The molecule has 0 saturated carbocycles. The molecule has 0 unspecified atom stereocenters. The van der Waals surface area contributed by atoms with Crippen LogP contribution in [0.2, 0.25) is 0 Å². The predicted molar refractivity (Wildman–Crippen MR) is 109 cm³/mol. The number of amides is 2. The predicted octanol–water partition coefficient (Wildman–Crippen LogP) is 2.74. The number of rotatable bonds is 8. The van der Waals surface area contributed by atoms with E-state index in [1.165, 1.54) is 13.2 Å². The fourth-order valence-electron chi connectivity index (χ4n) is 2.27. The molecule has 0 saturated heterocycles. The lowest BCUT2D eigenvalue weighted by atomic mass is 10.2. The SMILES string of the molecule is CCOc1c(Br)cc(C(=O)NNC(=O)CNc2ccc(OC)cc2)cc1OC. The van der Waals surface area contributed by atoms with Crippen LogP contribution >= 0.6 is 15.9 Å². The maximum absolute atomic E-state index is 12.3. The Morgan fingerprint density at radius 3 is 2.36 bits per heavy atom. The summed E-state index contributed by atoms with van der Waals surface area (Å²) in [6.45, 7) is 2.29. The summed E-state index contributed by atoms with van der Waals surface area (Å²) in [4.78, 5) is 24.2. The van der Waals surface area contributed by atoms with Gasteiger partial charge >= 0.3 is 0 Å². The highest BCUT2D eigenvalue weighted by molar-refractivity contribution is 9.10. The van der Waals surface area contributed by atoms with E-state index in [9.17, 15) is 9.59 Å². The smallest absolute Gasteiger partial charge is 0.269 e. The molecule has 0 aliphatic heterocycles. The van der Waals surface area contributed by atoms with Gasteiger partial charge in [0.25, 0.3) is 11.8 Å². The first-order valence-electron chi connectivity index (χ1n) is 8.46. The number of ether oxygens (including phenoxy) is 3. The lowest BCUT2D eigenvalue weighted by Gasteiger charge is -2.14. The molecule has 0 fully saturated rings. The Morgan fingerprint density at radius 1 is 1.04 bits per heavy atom. The number of nitrogens with one attached hydrogen (secondary N) is 3. The van der Waals surface area contributed by atoms with Crippen LogP contribution in [0.3, 0.4) is 0 Å². The minimum absolute atomic E-state index is 0.0110.